The maximum atomic E-state index is 13.5. The molecule has 0 saturated heterocycles. The van der Waals surface area contributed by atoms with Crippen molar-refractivity contribution in [2.24, 2.45) is 11.7 Å². The number of esters is 1. The van der Waals surface area contributed by atoms with Gasteiger partial charge in [0.05, 0.1) is 6.61 Å². The number of carbonyl (C=O) groups excluding carboxylic acids is 1. The molecule has 0 saturated carbocycles. The van der Waals surface area contributed by atoms with Gasteiger partial charge in [-0.05, 0) is 43.4 Å². The first-order valence-electron chi connectivity index (χ1n) is 7.19. The van der Waals surface area contributed by atoms with Gasteiger partial charge in [0.25, 0.3) is 0 Å². The number of nitrogens with two attached hydrogens (primary N) is 1. The Morgan fingerprint density at radius 2 is 1.86 bits per heavy atom. The lowest BCUT2D eigenvalue weighted by Crippen LogP contribution is -2.44. The molecular formula is C16H23F2NO2. The first-order chi connectivity index (χ1) is 9.85. The average Bonchev–Trinajstić information content (AvgIpc) is 2.39. The molecule has 1 rings (SSSR count). The summed E-state index contributed by atoms with van der Waals surface area (Å²) in [4.78, 5) is 12.4. The third-order valence-corrected chi connectivity index (χ3v) is 3.58. The standard InChI is InChI=1S/C16H23F2NO2/c1-4-21-15(20)16(10-19,6-5-11(2)3)12-7-13(17)9-14(18)8-12/h7-9,11H,4-6,10,19H2,1-3H3. The van der Waals surface area contributed by atoms with Crippen LogP contribution in [0, 0.1) is 17.6 Å². The van der Waals surface area contributed by atoms with Crippen LogP contribution in [0.2, 0.25) is 0 Å². The van der Waals surface area contributed by atoms with Gasteiger partial charge < -0.3 is 10.5 Å². The summed E-state index contributed by atoms with van der Waals surface area (Å²) in [5.74, 6) is -1.64. The van der Waals surface area contributed by atoms with Crippen LogP contribution in [0.1, 0.15) is 39.2 Å². The fourth-order valence-corrected chi connectivity index (χ4v) is 2.30. The maximum Gasteiger partial charge on any atom is 0.317 e. The second kappa shape index (κ2) is 7.50. The number of halogens is 2. The van der Waals surface area contributed by atoms with Crippen molar-refractivity contribution in [3.05, 3.63) is 35.4 Å². The normalized spacial score (nSPS) is 14.0. The molecule has 0 bridgehead atoms. The molecule has 5 heteroatoms. The summed E-state index contributed by atoms with van der Waals surface area (Å²) < 4.78 is 32.1. The molecule has 0 amide bonds. The molecule has 0 spiro atoms. The zero-order valence-corrected chi connectivity index (χ0v) is 12.8. The van der Waals surface area contributed by atoms with Gasteiger partial charge in [0.15, 0.2) is 0 Å². The lowest BCUT2D eigenvalue weighted by atomic mass is 9.75. The van der Waals surface area contributed by atoms with Gasteiger partial charge in [0, 0.05) is 12.6 Å². The van der Waals surface area contributed by atoms with E-state index in [1.54, 1.807) is 6.92 Å². The van der Waals surface area contributed by atoms with E-state index in [2.05, 4.69) is 0 Å². The molecular weight excluding hydrogens is 276 g/mol. The molecule has 0 aliphatic rings. The minimum Gasteiger partial charge on any atom is -0.465 e. The van der Waals surface area contributed by atoms with Crippen molar-refractivity contribution in [2.45, 2.75) is 39.0 Å². The molecule has 0 aliphatic heterocycles. The second-order valence-corrected chi connectivity index (χ2v) is 5.60. The molecule has 1 aromatic carbocycles. The number of carbonyl (C=O) groups is 1. The van der Waals surface area contributed by atoms with Crippen molar-refractivity contribution in [2.75, 3.05) is 13.2 Å². The summed E-state index contributed by atoms with van der Waals surface area (Å²) in [6.45, 7) is 5.85. The SMILES string of the molecule is CCOC(=O)C(CN)(CCC(C)C)c1cc(F)cc(F)c1. The molecule has 21 heavy (non-hydrogen) atoms. The van der Waals surface area contributed by atoms with Gasteiger partial charge in [0.2, 0.25) is 0 Å². The van der Waals surface area contributed by atoms with E-state index in [1.807, 2.05) is 13.8 Å². The van der Waals surface area contributed by atoms with Crippen molar-refractivity contribution >= 4 is 5.97 Å². The van der Waals surface area contributed by atoms with Crippen LogP contribution < -0.4 is 5.73 Å². The van der Waals surface area contributed by atoms with Gasteiger partial charge in [-0.3, -0.25) is 4.79 Å². The lowest BCUT2D eigenvalue weighted by molar-refractivity contribution is -0.150. The van der Waals surface area contributed by atoms with Crippen LogP contribution in [-0.4, -0.2) is 19.1 Å². The van der Waals surface area contributed by atoms with E-state index in [1.165, 1.54) is 0 Å². The van der Waals surface area contributed by atoms with Gasteiger partial charge >= 0.3 is 5.97 Å². The van der Waals surface area contributed by atoms with Gasteiger partial charge in [-0.2, -0.15) is 0 Å². The van der Waals surface area contributed by atoms with E-state index >= 15 is 0 Å². The molecule has 0 fully saturated rings. The molecule has 0 aliphatic carbocycles. The number of hydrogen-bond acceptors (Lipinski definition) is 3. The molecule has 0 heterocycles. The predicted octanol–water partition coefficient (Wildman–Crippen LogP) is 3.16. The van der Waals surface area contributed by atoms with E-state index in [0.29, 0.717) is 18.8 Å². The highest BCUT2D eigenvalue weighted by atomic mass is 19.1. The first kappa shape index (κ1) is 17.6. The zero-order chi connectivity index (χ0) is 16.0. The molecule has 2 N–H and O–H groups in total. The van der Waals surface area contributed by atoms with Crippen LogP contribution in [0.25, 0.3) is 0 Å². The van der Waals surface area contributed by atoms with Gasteiger partial charge in [-0.25, -0.2) is 8.78 Å². The van der Waals surface area contributed by atoms with Crippen molar-refractivity contribution in [1.82, 2.24) is 0 Å². The van der Waals surface area contributed by atoms with E-state index in [0.717, 1.165) is 18.2 Å². The Hall–Kier alpha value is -1.49. The van der Waals surface area contributed by atoms with Crippen LogP contribution in [0.5, 0.6) is 0 Å². The summed E-state index contributed by atoms with van der Waals surface area (Å²) in [5, 5.41) is 0. The fraction of sp³-hybridized carbons (Fsp3) is 0.562. The van der Waals surface area contributed by atoms with Crippen LogP contribution in [0.4, 0.5) is 8.78 Å². The van der Waals surface area contributed by atoms with Crippen LogP contribution >= 0.6 is 0 Å². The highest BCUT2D eigenvalue weighted by Gasteiger charge is 2.41. The summed E-state index contributed by atoms with van der Waals surface area (Å²) in [6, 6.07) is 3.10. The lowest BCUT2D eigenvalue weighted by Gasteiger charge is -2.31. The summed E-state index contributed by atoms with van der Waals surface area (Å²) >= 11 is 0. The third kappa shape index (κ3) is 4.24. The molecule has 1 unspecified atom stereocenters. The number of rotatable bonds is 7. The molecule has 0 aromatic heterocycles. The average molecular weight is 299 g/mol. The summed E-state index contributed by atoms with van der Waals surface area (Å²) in [5.41, 5.74) is 4.84. The van der Waals surface area contributed by atoms with E-state index < -0.39 is 23.0 Å². The smallest absolute Gasteiger partial charge is 0.317 e. The molecule has 118 valence electrons. The zero-order valence-electron chi connectivity index (χ0n) is 12.8. The topological polar surface area (TPSA) is 52.3 Å². The minimum absolute atomic E-state index is 0.0541. The fourth-order valence-electron chi connectivity index (χ4n) is 2.30. The van der Waals surface area contributed by atoms with Crippen LogP contribution in [0.3, 0.4) is 0 Å². The van der Waals surface area contributed by atoms with E-state index in [9.17, 15) is 13.6 Å². The first-order valence-corrected chi connectivity index (χ1v) is 7.19. The van der Waals surface area contributed by atoms with Gasteiger partial charge in [-0.15, -0.1) is 0 Å². The largest absolute Gasteiger partial charge is 0.465 e. The molecule has 1 aromatic rings. The van der Waals surface area contributed by atoms with Crippen molar-refractivity contribution in [3.8, 4) is 0 Å². The van der Waals surface area contributed by atoms with Crippen molar-refractivity contribution in [3.63, 3.8) is 0 Å². The van der Waals surface area contributed by atoms with Crippen LogP contribution in [0.15, 0.2) is 18.2 Å². The van der Waals surface area contributed by atoms with Crippen molar-refractivity contribution in [1.29, 1.82) is 0 Å². The van der Waals surface area contributed by atoms with E-state index in [-0.39, 0.29) is 18.7 Å². The maximum absolute atomic E-state index is 13.5. The predicted molar refractivity (Wildman–Crippen MR) is 77.8 cm³/mol. The van der Waals surface area contributed by atoms with Crippen LogP contribution in [-0.2, 0) is 14.9 Å². The Labute approximate surface area is 124 Å². The Morgan fingerprint density at radius 1 is 1.29 bits per heavy atom. The second-order valence-electron chi connectivity index (χ2n) is 5.60. The third-order valence-electron chi connectivity index (χ3n) is 3.58. The Balaban J connectivity index is 3.29. The quantitative estimate of drug-likeness (QED) is 0.787. The molecule has 0 radical (unpaired) electrons. The van der Waals surface area contributed by atoms with E-state index in [4.69, 9.17) is 10.5 Å². The Bertz CT molecular complexity index is 471. The summed E-state index contributed by atoms with van der Waals surface area (Å²) in [7, 11) is 0. The van der Waals surface area contributed by atoms with Gasteiger partial charge in [-0.1, -0.05) is 13.8 Å². The summed E-state index contributed by atoms with van der Waals surface area (Å²) in [6.07, 6.45) is 1.09. The van der Waals surface area contributed by atoms with Gasteiger partial charge in [0.1, 0.15) is 17.0 Å². The number of ether oxygens (including phenoxy) is 1. The minimum atomic E-state index is -1.21. The highest BCUT2D eigenvalue weighted by Crippen LogP contribution is 2.32. The Kier molecular flexibility index (Phi) is 6.27. The Morgan fingerprint density at radius 3 is 2.29 bits per heavy atom. The molecule has 1 atom stereocenters. The monoisotopic (exact) mass is 299 g/mol. The highest BCUT2D eigenvalue weighted by molar-refractivity contribution is 5.83. The number of hydrogen-bond donors (Lipinski definition) is 1. The number of benzene rings is 1. The van der Waals surface area contributed by atoms with Crippen molar-refractivity contribution < 1.29 is 18.3 Å². The molecule has 3 nitrogen and oxygen atoms in total.